The Bertz CT molecular complexity index is 1520. The van der Waals surface area contributed by atoms with Gasteiger partial charge in [-0.2, -0.15) is 0 Å². The zero-order valence-electron chi connectivity index (χ0n) is 23.3. The van der Waals surface area contributed by atoms with Crippen LogP contribution >= 0.6 is 31.9 Å². The van der Waals surface area contributed by atoms with E-state index in [1.165, 1.54) is 22.3 Å². The summed E-state index contributed by atoms with van der Waals surface area (Å²) < 4.78 is 12.1. The van der Waals surface area contributed by atoms with Crippen molar-refractivity contribution in [2.24, 2.45) is 0 Å². The van der Waals surface area contributed by atoms with Gasteiger partial charge in [0.25, 0.3) is 0 Å². The predicted molar refractivity (Wildman–Crippen MR) is 185 cm³/mol. The molecule has 2 nitrogen and oxygen atoms in total. The van der Waals surface area contributed by atoms with Crippen LogP contribution in [-0.2, 0) is 13.2 Å². The maximum atomic E-state index is 6.05. The second-order valence-corrected chi connectivity index (χ2v) is 11.1. The molecule has 5 aromatic carbocycles. The molecule has 0 aliphatic carbocycles. The van der Waals surface area contributed by atoms with Crippen LogP contribution in [0.15, 0.2) is 133 Å². The van der Waals surface area contributed by atoms with Crippen molar-refractivity contribution in [3.05, 3.63) is 156 Å². The Morgan fingerprint density at radius 1 is 0.452 bits per heavy atom. The predicted octanol–water partition coefficient (Wildman–Crippen LogP) is 11.0. The van der Waals surface area contributed by atoms with Gasteiger partial charge in [0, 0.05) is 10.7 Å². The van der Waals surface area contributed by atoms with Gasteiger partial charge in [0.15, 0.2) is 0 Å². The quantitative estimate of drug-likeness (QED) is 0.122. The van der Waals surface area contributed by atoms with E-state index in [9.17, 15) is 0 Å². The molecule has 0 aromatic heterocycles. The van der Waals surface area contributed by atoms with Crippen molar-refractivity contribution in [2.45, 2.75) is 13.2 Å². The molecule has 0 amide bonds. The first-order valence-electron chi connectivity index (χ1n) is 13.9. The first-order chi connectivity index (χ1) is 20.7. The van der Waals surface area contributed by atoms with E-state index in [2.05, 4.69) is 153 Å². The van der Waals surface area contributed by atoms with E-state index in [1.807, 2.05) is 24.3 Å². The van der Waals surface area contributed by atoms with Crippen molar-refractivity contribution < 1.29 is 9.47 Å². The summed E-state index contributed by atoms with van der Waals surface area (Å²) in [6.45, 7) is 1.06. The number of hydrogen-bond acceptors (Lipinski definition) is 2. The summed E-state index contributed by atoms with van der Waals surface area (Å²) in [4.78, 5) is 0. The molecule has 0 aliphatic rings. The minimum Gasteiger partial charge on any atom is -0.489 e. The molecule has 42 heavy (non-hydrogen) atoms. The molecule has 0 saturated carbocycles. The third-order valence-corrected chi connectivity index (χ3v) is 7.51. The van der Waals surface area contributed by atoms with Crippen molar-refractivity contribution in [3.8, 4) is 33.8 Å². The normalized spacial score (nSPS) is 11.3. The third kappa shape index (κ3) is 8.58. The molecule has 0 fully saturated rings. The van der Waals surface area contributed by atoms with Crippen LogP contribution in [-0.4, -0.2) is 10.7 Å². The fourth-order valence-corrected chi connectivity index (χ4v) is 4.95. The first kappa shape index (κ1) is 29.6. The Labute approximate surface area is 265 Å². The van der Waals surface area contributed by atoms with Gasteiger partial charge in [0.2, 0.25) is 0 Å². The highest BCUT2D eigenvalue weighted by atomic mass is 79.9. The van der Waals surface area contributed by atoms with Gasteiger partial charge in [-0.3, -0.25) is 0 Å². The summed E-state index contributed by atoms with van der Waals surface area (Å²) in [5, 5.41) is 1.67. The third-order valence-electron chi connectivity index (χ3n) is 6.76. The van der Waals surface area contributed by atoms with E-state index in [-0.39, 0.29) is 0 Å². The van der Waals surface area contributed by atoms with Gasteiger partial charge in [-0.15, -0.1) is 0 Å². The van der Waals surface area contributed by atoms with Crippen molar-refractivity contribution >= 4 is 44.0 Å². The average Bonchev–Trinajstić information content (AvgIpc) is 3.05. The van der Waals surface area contributed by atoms with Gasteiger partial charge in [0.1, 0.15) is 24.7 Å². The zero-order valence-corrected chi connectivity index (χ0v) is 26.4. The molecule has 0 unspecified atom stereocenters. The van der Waals surface area contributed by atoms with Gasteiger partial charge in [-0.05, 0) is 74.8 Å². The molecule has 210 valence electrons. The summed E-state index contributed by atoms with van der Waals surface area (Å²) in [5.74, 6) is 1.74. The van der Waals surface area contributed by atoms with Crippen LogP contribution in [0.4, 0.5) is 0 Å². The smallest absolute Gasteiger partial charge is 0.120 e. The molecule has 5 aromatic rings. The van der Waals surface area contributed by atoms with Crippen molar-refractivity contribution in [1.29, 1.82) is 0 Å². The molecule has 0 radical (unpaired) electrons. The number of benzene rings is 5. The van der Waals surface area contributed by atoms with Crippen LogP contribution in [0.5, 0.6) is 11.5 Å². The van der Waals surface area contributed by atoms with Crippen molar-refractivity contribution in [1.82, 2.24) is 0 Å². The molecular weight excluding hydrogens is 648 g/mol. The lowest BCUT2D eigenvalue weighted by Crippen LogP contribution is -1.95. The molecule has 5 rings (SSSR count). The minimum absolute atomic E-state index is 0.529. The maximum Gasteiger partial charge on any atom is 0.120 e. The average molecular weight is 680 g/mol. The van der Waals surface area contributed by atoms with Gasteiger partial charge in [-0.1, -0.05) is 147 Å². The van der Waals surface area contributed by atoms with E-state index >= 15 is 0 Å². The van der Waals surface area contributed by atoms with E-state index in [0.29, 0.717) is 13.2 Å². The Morgan fingerprint density at radius 3 is 1.31 bits per heavy atom. The van der Waals surface area contributed by atoms with E-state index in [4.69, 9.17) is 9.47 Å². The van der Waals surface area contributed by atoms with Crippen LogP contribution in [0.25, 0.3) is 34.4 Å². The fourth-order valence-electron chi connectivity index (χ4n) is 4.58. The highest BCUT2D eigenvalue weighted by Gasteiger charge is 2.05. The lowest BCUT2D eigenvalue weighted by Gasteiger charge is -2.10. The monoisotopic (exact) mass is 678 g/mol. The molecule has 0 N–H and O–H groups in total. The number of alkyl halides is 2. The van der Waals surface area contributed by atoms with Crippen LogP contribution in [0.3, 0.4) is 0 Å². The molecule has 0 spiro atoms. The van der Waals surface area contributed by atoms with Crippen molar-refractivity contribution in [2.75, 3.05) is 10.7 Å². The van der Waals surface area contributed by atoms with Gasteiger partial charge < -0.3 is 9.47 Å². The summed E-state index contributed by atoms with van der Waals surface area (Å²) >= 11 is 6.84. The molecular formula is C38H32Br2O2. The van der Waals surface area contributed by atoms with Crippen molar-refractivity contribution in [3.63, 3.8) is 0 Å². The van der Waals surface area contributed by atoms with Gasteiger partial charge >= 0.3 is 0 Å². The summed E-state index contributed by atoms with van der Waals surface area (Å²) in [6.07, 6.45) is 8.31. The lowest BCUT2D eigenvalue weighted by atomic mass is 9.98. The molecule has 0 bridgehead atoms. The largest absolute Gasteiger partial charge is 0.489 e. The Balaban J connectivity index is 1.19. The molecule has 0 saturated heterocycles. The Kier molecular flexibility index (Phi) is 10.9. The van der Waals surface area contributed by atoms with Crippen LogP contribution in [0.1, 0.15) is 22.3 Å². The first-order valence-corrected chi connectivity index (χ1v) is 16.1. The van der Waals surface area contributed by atoms with Crippen LogP contribution in [0, 0.1) is 0 Å². The number of allylic oxidation sites excluding steroid dienone is 2. The second kappa shape index (κ2) is 15.4. The number of rotatable bonds is 12. The minimum atomic E-state index is 0.529. The van der Waals surface area contributed by atoms with E-state index in [0.717, 1.165) is 44.4 Å². The molecule has 4 heteroatoms. The molecule has 0 heterocycles. The Hall–Kier alpha value is -3.86. The maximum absolute atomic E-state index is 6.05. The second-order valence-electron chi connectivity index (χ2n) is 9.81. The molecule has 0 aliphatic heterocycles. The van der Waals surface area contributed by atoms with Gasteiger partial charge in [0.05, 0.1) is 0 Å². The zero-order chi connectivity index (χ0) is 29.0. The van der Waals surface area contributed by atoms with Crippen LogP contribution < -0.4 is 9.47 Å². The standard InChI is InChI=1S/C38H32Br2O2/c39-22-4-8-29-6-1-12-37(24-29)41-27-31-14-18-33(19-15-31)35-10-3-11-36(26-35)34-20-16-32(17-21-34)28-42-38-13-2-7-30(25-38)9-5-23-40/h1-21,24-26H,22-23,27-28H2/b8-4+,9-5+. The van der Waals surface area contributed by atoms with Crippen LogP contribution in [0.2, 0.25) is 0 Å². The summed E-state index contributed by atoms with van der Waals surface area (Å²) in [5.41, 5.74) is 9.27. The number of halogens is 2. The van der Waals surface area contributed by atoms with E-state index < -0.39 is 0 Å². The Morgan fingerprint density at radius 2 is 0.881 bits per heavy atom. The number of ether oxygens (including phenoxy) is 2. The van der Waals surface area contributed by atoms with E-state index in [1.54, 1.807) is 0 Å². The summed E-state index contributed by atoms with van der Waals surface area (Å²) in [7, 11) is 0. The molecule has 0 atom stereocenters. The van der Waals surface area contributed by atoms with Gasteiger partial charge in [-0.25, -0.2) is 0 Å². The SMILES string of the molecule is BrC/C=C/c1cccc(OCc2ccc(-c3cccc(-c4ccc(COc5cccc(/C=C/CBr)c5)cc4)c3)cc2)c1. The highest BCUT2D eigenvalue weighted by molar-refractivity contribution is 9.09. The fraction of sp³-hybridized carbons (Fsp3) is 0.105. The summed E-state index contributed by atoms with van der Waals surface area (Å²) in [6, 6.07) is 42.2. The highest BCUT2D eigenvalue weighted by Crippen LogP contribution is 2.28. The topological polar surface area (TPSA) is 18.5 Å². The lowest BCUT2D eigenvalue weighted by molar-refractivity contribution is 0.306. The number of hydrogen-bond donors (Lipinski definition) is 0.